The van der Waals surface area contributed by atoms with Gasteiger partial charge in [-0.2, -0.15) is 96.6 Å². The van der Waals surface area contributed by atoms with Crippen molar-refractivity contribution in [2.45, 2.75) is 59.7 Å². The molecule has 0 aromatic carbocycles. The summed E-state index contributed by atoms with van der Waals surface area (Å²) < 4.78 is 305. The molecule has 0 radical (unpaired) electrons. The molecule has 0 aliphatic carbocycles. The lowest BCUT2D eigenvalue weighted by atomic mass is 9.92. The molecule has 0 N–H and O–H groups in total. The first-order chi connectivity index (χ1) is 15.1. The lowest BCUT2D eigenvalue weighted by Gasteiger charge is -2.39. The summed E-state index contributed by atoms with van der Waals surface area (Å²) in [7, 11) is 0. The number of rotatable bonds is 8. The van der Waals surface area contributed by atoms with Gasteiger partial charge in [-0.25, -0.2) is 8.78 Å². The zero-order valence-electron chi connectivity index (χ0n) is 15.1. The molecule has 0 bridgehead atoms. The number of allylic oxidation sites excluding steroid dienone is 2. The van der Waals surface area contributed by atoms with E-state index < -0.39 is 71.4 Å². The van der Waals surface area contributed by atoms with Crippen LogP contribution >= 0.6 is 0 Å². The van der Waals surface area contributed by atoms with Crippen molar-refractivity contribution < 1.29 is 105 Å². The van der Waals surface area contributed by atoms with Gasteiger partial charge in [0, 0.05) is 0 Å². The lowest BCUT2D eigenvalue weighted by Crippen LogP contribution is -2.70. The summed E-state index contributed by atoms with van der Waals surface area (Å²) in [5.74, 6) is -80.8. The molecule has 0 aliphatic rings. The van der Waals surface area contributed by atoms with E-state index in [9.17, 15) is 105 Å². The molecule has 0 nitrogen and oxygen atoms in total. The van der Waals surface area contributed by atoms with Crippen LogP contribution in [0.5, 0.6) is 0 Å². The third kappa shape index (κ3) is 4.18. The highest BCUT2D eigenvalue weighted by Gasteiger charge is 2.92. The Morgan fingerprint density at radius 3 is 0.639 bits per heavy atom. The van der Waals surface area contributed by atoms with Gasteiger partial charge in [-0.1, -0.05) is 0 Å². The van der Waals surface area contributed by atoms with Crippen LogP contribution in [0.2, 0.25) is 0 Å². The molecule has 0 saturated carbocycles. The standard InChI is InChI=1S/C12F24/c13-1(2(14)4(17,18)6(21,22)9(27,28)11(31,32)33)3(15,16)5(19,20)7(23,24)8(25,26)10(29,30)12(34,35)36/b2-1+. The molecule has 0 unspecified atom stereocenters. The highest BCUT2D eigenvalue weighted by Crippen LogP contribution is 2.63. The Morgan fingerprint density at radius 2 is 0.417 bits per heavy atom. The Bertz CT molecular complexity index is 847. The maximum absolute atomic E-state index is 13.3. The van der Waals surface area contributed by atoms with Crippen LogP contribution in [0.3, 0.4) is 0 Å². The average molecular weight is 600 g/mol. The third-order valence-corrected chi connectivity index (χ3v) is 3.82. The average Bonchev–Trinajstić information content (AvgIpc) is 2.63. The van der Waals surface area contributed by atoms with Gasteiger partial charge in [0.2, 0.25) is 11.7 Å². The van der Waals surface area contributed by atoms with E-state index >= 15 is 0 Å². The minimum atomic E-state index is -8.98. The molecular weight excluding hydrogens is 600 g/mol. The summed E-state index contributed by atoms with van der Waals surface area (Å²) >= 11 is 0. The summed E-state index contributed by atoms with van der Waals surface area (Å²) in [6.45, 7) is 0. The first-order valence-electron chi connectivity index (χ1n) is 7.29. The molecule has 0 saturated heterocycles. The van der Waals surface area contributed by atoms with Gasteiger partial charge in [-0.3, -0.25) is 0 Å². The zero-order chi connectivity index (χ0) is 30.2. The lowest BCUT2D eigenvalue weighted by molar-refractivity contribution is -0.438. The van der Waals surface area contributed by atoms with Gasteiger partial charge in [0.15, 0.2) is 0 Å². The Hall–Kier alpha value is -1.94. The van der Waals surface area contributed by atoms with Gasteiger partial charge in [0.25, 0.3) is 0 Å². The second kappa shape index (κ2) is 8.28. The molecule has 216 valence electrons. The molecule has 0 fully saturated rings. The van der Waals surface area contributed by atoms with E-state index in [1.807, 2.05) is 0 Å². The molecule has 0 amide bonds. The van der Waals surface area contributed by atoms with Crippen LogP contribution in [0.4, 0.5) is 105 Å². The highest BCUT2D eigenvalue weighted by molar-refractivity contribution is 5.26. The summed E-state index contributed by atoms with van der Waals surface area (Å²) in [4.78, 5) is 0. The van der Waals surface area contributed by atoms with Gasteiger partial charge in [-0.15, -0.1) is 0 Å². The van der Waals surface area contributed by atoms with Gasteiger partial charge < -0.3 is 0 Å². The van der Waals surface area contributed by atoms with Crippen LogP contribution < -0.4 is 0 Å². The molecular formula is C12F24. The predicted molar refractivity (Wildman–Crippen MR) is 60.9 cm³/mol. The predicted octanol–water partition coefficient (Wildman–Crippen LogP) is 8.34. The fourth-order valence-electron chi connectivity index (χ4n) is 1.70. The molecule has 0 aliphatic heterocycles. The van der Waals surface area contributed by atoms with E-state index in [0.29, 0.717) is 0 Å². The van der Waals surface area contributed by atoms with Crippen molar-refractivity contribution in [2.24, 2.45) is 0 Å². The number of hydrogen-bond acceptors (Lipinski definition) is 0. The molecule has 36 heavy (non-hydrogen) atoms. The number of halogens is 24. The Labute approximate surface area is 178 Å². The largest absolute Gasteiger partial charge is 0.460 e. The quantitative estimate of drug-likeness (QED) is 0.246. The van der Waals surface area contributed by atoms with Crippen molar-refractivity contribution in [3.8, 4) is 0 Å². The topological polar surface area (TPSA) is 0 Å². The van der Waals surface area contributed by atoms with Crippen LogP contribution in [-0.2, 0) is 0 Å². The van der Waals surface area contributed by atoms with Crippen LogP contribution in [0, 0.1) is 0 Å². The maximum Gasteiger partial charge on any atom is 0.460 e. The third-order valence-electron chi connectivity index (χ3n) is 3.82. The Morgan fingerprint density at radius 1 is 0.250 bits per heavy atom. The van der Waals surface area contributed by atoms with Crippen molar-refractivity contribution in [2.75, 3.05) is 0 Å². The second-order valence-corrected chi connectivity index (χ2v) is 6.22. The van der Waals surface area contributed by atoms with E-state index in [-0.39, 0.29) is 0 Å². The Balaban J connectivity index is 7.12. The Kier molecular flexibility index (Phi) is 7.83. The van der Waals surface area contributed by atoms with Crippen molar-refractivity contribution in [1.29, 1.82) is 0 Å². The van der Waals surface area contributed by atoms with Gasteiger partial charge >= 0.3 is 59.7 Å². The molecule has 0 aromatic rings. The van der Waals surface area contributed by atoms with E-state index in [4.69, 9.17) is 0 Å². The van der Waals surface area contributed by atoms with E-state index in [1.165, 1.54) is 0 Å². The van der Waals surface area contributed by atoms with Crippen LogP contribution in [-0.4, -0.2) is 59.7 Å². The monoisotopic (exact) mass is 600 g/mol. The molecule has 24 heteroatoms. The first kappa shape index (κ1) is 34.1. The normalized spacial score (nSPS) is 17.3. The van der Waals surface area contributed by atoms with E-state index in [2.05, 4.69) is 0 Å². The molecule has 0 rings (SSSR count). The summed E-state index contributed by atoms with van der Waals surface area (Å²) in [5, 5.41) is 0. The highest BCUT2D eigenvalue weighted by atomic mass is 19.4. The van der Waals surface area contributed by atoms with Crippen LogP contribution in [0.15, 0.2) is 11.7 Å². The van der Waals surface area contributed by atoms with Gasteiger partial charge in [0.1, 0.15) is 0 Å². The van der Waals surface area contributed by atoms with E-state index in [0.717, 1.165) is 0 Å². The van der Waals surface area contributed by atoms with Crippen molar-refractivity contribution in [3.63, 3.8) is 0 Å². The minimum absolute atomic E-state index is 5.89. The van der Waals surface area contributed by atoms with Gasteiger partial charge in [-0.05, 0) is 0 Å². The van der Waals surface area contributed by atoms with Crippen LogP contribution in [0.1, 0.15) is 0 Å². The van der Waals surface area contributed by atoms with Crippen molar-refractivity contribution in [1.82, 2.24) is 0 Å². The maximum atomic E-state index is 13.3. The first-order valence-corrected chi connectivity index (χ1v) is 7.29. The summed E-state index contributed by atoms with van der Waals surface area (Å²) in [6, 6.07) is 0. The smallest absolute Gasteiger partial charge is 0.202 e. The minimum Gasteiger partial charge on any atom is -0.202 e. The molecule has 0 aromatic heterocycles. The second-order valence-electron chi connectivity index (χ2n) is 6.22. The van der Waals surface area contributed by atoms with Crippen molar-refractivity contribution in [3.05, 3.63) is 11.7 Å². The van der Waals surface area contributed by atoms with Gasteiger partial charge in [0.05, 0.1) is 0 Å². The zero-order valence-corrected chi connectivity index (χ0v) is 15.1. The number of alkyl halides is 22. The molecule has 0 heterocycles. The molecule has 0 atom stereocenters. The van der Waals surface area contributed by atoms with Crippen molar-refractivity contribution >= 4 is 0 Å². The summed E-state index contributed by atoms with van der Waals surface area (Å²) in [5.41, 5.74) is 0. The fourth-order valence-corrected chi connectivity index (χ4v) is 1.70. The fraction of sp³-hybridized carbons (Fsp3) is 0.833. The summed E-state index contributed by atoms with van der Waals surface area (Å²) in [6.07, 6.45) is -15.9. The molecule has 0 spiro atoms. The SMILES string of the molecule is F/C(=C(/F)C(F)(F)C(F)(F)C(F)(F)C(F)(F)C(F)(F)C(F)(F)F)C(F)(F)C(F)(F)C(F)(F)C(F)(F)F. The van der Waals surface area contributed by atoms with E-state index in [1.54, 1.807) is 0 Å². The number of hydrogen-bond donors (Lipinski definition) is 0. The van der Waals surface area contributed by atoms with Crippen LogP contribution in [0.25, 0.3) is 0 Å².